The Bertz CT molecular complexity index is 1000. The highest BCUT2D eigenvalue weighted by atomic mass is 19.4. The van der Waals surface area contributed by atoms with Gasteiger partial charge in [-0.15, -0.1) is 0 Å². The van der Waals surface area contributed by atoms with Crippen LogP contribution in [0.25, 0.3) is 21.8 Å². The molecule has 26 heavy (non-hydrogen) atoms. The Morgan fingerprint density at radius 1 is 1.12 bits per heavy atom. The number of H-pyrrole nitrogens is 1. The maximum atomic E-state index is 13.5. The van der Waals surface area contributed by atoms with E-state index < -0.39 is 17.2 Å². The average Bonchev–Trinajstić information content (AvgIpc) is 2.92. The van der Waals surface area contributed by atoms with Crippen molar-refractivity contribution in [3.05, 3.63) is 46.4 Å². The molecule has 0 unspecified atom stereocenters. The largest absolute Gasteiger partial charge is 0.417 e. The van der Waals surface area contributed by atoms with Crippen molar-refractivity contribution in [2.75, 3.05) is 32.8 Å². The van der Waals surface area contributed by atoms with Gasteiger partial charge in [0, 0.05) is 55.4 Å². The maximum Gasteiger partial charge on any atom is 0.417 e. The summed E-state index contributed by atoms with van der Waals surface area (Å²) in [7, 11) is 0. The van der Waals surface area contributed by atoms with E-state index in [1.54, 1.807) is 23.0 Å². The monoisotopic (exact) mass is 365 g/mol. The Morgan fingerprint density at radius 2 is 1.88 bits per heavy atom. The van der Waals surface area contributed by atoms with E-state index in [9.17, 15) is 18.0 Å². The molecule has 1 saturated heterocycles. The van der Waals surface area contributed by atoms with Gasteiger partial charge in [-0.05, 0) is 12.1 Å². The van der Waals surface area contributed by atoms with Crippen LogP contribution in [0.5, 0.6) is 0 Å². The molecule has 0 bridgehead atoms. The second-order valence-electron chi connectivity index (χ2n) is 6.41. The van der Waals surface area contributed by atoms with Gasteiger partial charge in [0.25, 0.3) is 0 Å². The highest BCUT2D eigenvalue weighted by Crippen LogP contribution is 2.38. The summed E-state index contributed by atoms with van der Waals surface area (Å²) in [6.07, 6.45) is -1.31. The normalized spacial score (nSPS) is 16.6. The van der Waals surface area contributed by atoms with E-state index in [2.05, 4.69) is 9.88 Å². The van der Waals surface area contributed by atoms with Crippen LogP contribution < -0.4 is 5.43 Å². The highest BCUT2D eigenvalue weighted by molar-refractivity contribution is 6.09. The number of hydrogen-bond acceptors (Lipinski definition) is 3. The Kier molecular flexibility index (Phi) is 4.24. The number of alkyl halides is 3. The molecular formula is C18H18F3N3O2. The quantitative estimate of drug-likeness (QED) is 0.777. The van der Waals surface area contributed by atoms with Gasteiger partial charge in [0.2, 0.25) is 0 Å². The minimum absolute atomic E-state index is 0.0862. The number of fused-ring (bicyclic) bond motifs is 3. The zero-order valence-corrected chi connectivity index (χ0v) is 14.0. The third-order valence-electron chi connectivity index (χ3n) is 4.83. The maximum absolute atomic E-state index is 13.5. The van der Waals surface area contributed by atoms with Crippen molar-refractivity contribution in [3.63, 3.8) is 0 Å². The van der Waals surface area contributed by atoms with Crippen LogP contribution in [0.4, 0.5) is 13.2 Å². The number of hydrogen-bond donors (Lipinski definition) is 1. The summed E-state index contributed by atoms with van der Waals surface area (Å²) >= 11 is 0. The molecule has 8 heteroatoms. The van der Waals surface area contributed by atoms with Crippen LogP contribution in [0.3, 0.4) is 0 Å². The molecule has 1 aromatic carbocycles. The molecule has 138 valence electrons. The van der Waals surface area contributed by atoms with Gasteiger partial charge in [-0.2, -0.15) is 13.2 Å². The van der Waals surface area contributed by atoms with Gasteiger partial charge >= 0.3 is 6.18 Å². The summed E-state index contributed by atoms with van der Waals surface area (Å²) < 4.78 is 47.7. The molecule has 5 nitrogen and oxygen atoms in total. The molecule has 2 aromatic heterocycles. The minimum Gasteiger partial charge on any atom is -0.379 e. The average molecular weight is 365 g/mol. The molecule has 1 aliphatic rings. The highest BCUT2D eigenvalue weighted by Gasteiger charge is 2.35. The first-order valence-electron chi connectivity index (χ1n) is 8.45. The lowest BCUT2D eigenvalue weighted by atomic mass is 10.1. The zero-order valence-electron chi connectivity index (χ0n) is 14.0. The van der Waals surface area contributed by atoms with E-state index in [4.69, 9.17) is 4.74 Å². The number of rotatable bonds is 3. The lowest BCUT2D eigenvalue weighted by molar-refractivity contribution is -0.136. The van der Waals surface area contributed by atoms with Gasteiger partial charge in [0.15, 0.2) is 5.43 Å². The number of nitrogens with zero attached hydrogens (tertiary/aromatic N) is 2. The Balaban J connectivity index is 1.88. The number of nitrogens with one attached hydrogen (secondary N) is 1. The summed E-state index contributed by atoms with van der Waals surface area (Å²) in [4.78, 5) is 17.1. The fraction of sp³-hybridized carbons (Fsp3) is 0.389. The van der Waals surface area contributed by atoms with Crippen molar-refractivity contribution in [1.82, 2.24) is 14.5 Å². The number of aromatic amines is 1. The van der Waals surface area contributed by atoms with Gasteiger partial charge in [-0.3, -0.25) is 9.69 Å². The van der Waals surface area contributed by atoms with Gasteiger partial charge in [0.05, 0.1) is 29.8 Å². The first kappa shape index (κ1) is 17.1. The van der Waals surface area contributed by atoms with E-state index in [1.807, 2.05) is 0 Å². The van der Waals surface area contributed by atoms with Crippen LogP contribution >= 0.6 is 0 Å². The summed E-state index contributed by atoms with van der Waals surface area (Å²) in [5.74, 6) is 0. The van der Waals surface area contributed by atoms with E-state index >= 15 is 0 Å². The van der Waals surface area contributed by atoms with Crippen LogP contribution in [0.2, 0.25) is 0 Å². The first-order valence-corrected chi connectivity index (χ1v) is 8.45. The Labute approximate surface area is 147 Å². The number of ether oxygens (including phenoxy) is 1. The van der Waals surface area contributed by atoms with Crippen LogP contribution in [-0.2, 0) is 17.5 Å². The molecule has 1 fully saturated rings. The summed E-state index contributed by atoms with van der Waals surface area (Å²) in [5.41, 5.74) is -0.523. The molecule has 0 aliphatic carbocycles. The van der Waals surface area contributed by atoms with Crippen molar-refractivity contribution < 1.29 is 17.9 Å². The van der Waals surface area contributed by atoms with E-state index in [-0.39, 0.29) is 5.39 Å². The summed E-state index contributed by atoms with van der Waals surface area (Å²) in [6, 6.07) is 3.61. The number of morpholine rings is 1. The number of benzene rings is 1. The predicted octanol–water partition coefficient (Wildman–Crippen LogP) is 2.83. The zero-order chi connectivity index (χ0) is 18.3. The molecule has 1 aliphatic heterocycles. The summed E-state index contributed by atoms with van der Waals surface area (Å²) in [6.45, 7) is 4.08. The first-order chi connectivity index (χ1) is 12.4. The van der Waals surface area contributed by atoms with Crippen LogP contribution in [0, 0.1) is 0 Å². The molecule has 0 saturated carbocycles. The second kappa shape index (κ2) is 6.44. The molecule has 4 rings (SSSR count). The summed E-state index contributed by atoms with van der Waals surface area (Å²) in [5, 5.41) is 0.580. The third-order valence-corrected chi connectivity index (χ3v) is 4.83. The lowest BCUT2D eigenvalue weighted by Gasteiger charge is -2.26. The lowest BCUT2D eigenvalue weighted by Crippen LogP contribution is -2.38. The number of halogens is 3. The van der Waals surface area contributed by atoms with Crippen molar-refractivity contribution in [3.8, 4) is 0 Å². The molecule has 0 atom stereocenters. The molecule has 0 radical (unpaired) electrons. The molecular weight excluding hydrogens is 347 g/mol. The van der Waals surface area contributed by atoms with Crippen LogP contribution in [0.1, 0.15) is 5.56 Å². The van der Waals surface area contributed by atoms with E-state index in [0.29, 0.717) is 48.8 Å². The van der Waals surface area contributed by atoms with Gasteiger partial charge in [-0.25, -0.2) is 0 Å². The molecule has 0 amide bonds. The smallest absolute Gasteiger partial charge is 0.379 e. The molecule has 3 aromatic rings. The van der Waals surface area contributed by atoms with Crippen molar-refractivity contribution >= 4 is 21.8 Å². The third kappa shape index (κ3) is 2.99. The second-order valence-corrected chi connectivity index (χ2v) is 6.41. The van der Waals surface area contributed by atoms with E-state index in [1.165, 1.54) is 6.07 Å². The van der Waals surface area contributed by atoms with E-state index in [0.717, 1.165) is 13.1 Å². The molecule has 3 heterocycles. The van der Waals surface area contributed by atoms with Crippen LogP contribution in [-0.4, -0.2) is 47.3 Å². The Morgan fingerprint density at radius 3 is 2.62 bits per heavy atom. The fourth-order valence-corrected chi connectivity index (χ4v) is 3.61. The van der Waals surface area contributed by atoms with Crippen molar-refractivity contribution in [2.45, 2.75) is 12.7 Å². The molecule has 0 spiro atoms. The topological polar surface area (TPSA) is 50.3 Å². The van der Waals surface area contributed by atoms with Crippen molar-refractivity contribution in [1.29, 1.82) is 0 Å². The van der Waals surface area contributed by atoms with Gasteiger partial charge in [-0.1, -0.05) is 0 Å². The van der Waals surface area contributed by atoms with Gasteiger partial charge < -0.3 is 14.3 Å². The predicted molar refractivity (Wildman–Crippen MR) is 92.3 cm³/mol. The molecule has 1 N–H and O–H groups in total. The Hall–Kier alpha value is -2.32. The standard InChI is InChI=1S/C18H18F3N3O2/c19-18(20,21)14-9-12(25)10-15-17(14)13-1-2-22-11-16(13)24(15)4-3-23-5-7-26-8-6-23/h1-2,9-11,22H,3-8H2. The van der Waals surface area contributed by atoms with Crippen LogP contribution in [0.15, 0.2) is 35.4 Å². The minimum atomic E-state index is -4.58. The number of aromatic nitrogens is 2. The van der Waals surface area contributed by atoms with Gasteiger partial charge in [0.1, 0.15) is 0 Å². The number of pyridine rings is 1. The fourth-order valence-electron chi connectivity index (χ4n) is 3.61. The van der Waals surface area contributed by atoms with Crippen molar-refractivity contribution in [2.24, 2.45) is 0 Å². The SMILES string of the molecule is O=c1cc(C(F)(F)F)c2c3cc[nH]cc3n(CCN3CCOCC3)c2c1.